The molecule has 2 amide bonds. The van der Waals surface area contributed by atoms with Crippen LogP contribution in [-0.2, 0) is 15.0 Å². The van der Waals surface area contributed by atoms with E-state index in [1.165, 1.54) is 0 Å². The first kappa shape index (κ1) is 15.6. The molecule has 1 aromatic carbocycles. The zero-order chi connectivity index (χ0) is 17.6. The number of carbonyl (C=O) groups excluding carboxylic acids is 2. The van der Waals surface area contributed by atoms with Gasteiger partial charge in [-0.05, 0) is 36.2 Å². The van der Waals surface area contributed by atoms with Gasteiger partial charge in [0.25, 0.3) is 0 Å². The van der Waals surface area contributed by atoms with Gasteiger partial charge in [-0.3, -0.25) is 14.9 Å². The van der Waals surface area contributed by atoms with Crippen LogP contribution in [0.1, 0.15) is 18.4 Å². The molecule has 5 atom stereocenters. The molecule has 1 aromatic rings. The van der Waals surface area contributed by atoms with Crippen molar-refractivity contribution in [2.75, 3.05) is 0 Å². The predicted octanol–water partition coefficient (Wildman–Crippen LogP) is 2.07. The van der Waals surface area contributed by atoms with Crippen LogP contribution in [0.4, 0.5) is 0 Å². The molecule has 5 nitrogen and oxygen atoms in total. The smallest absolute Gasteiger partial charge is 0.244 e. The van der Waals surface area contributed by atoms with E-state index >= 15 is 0 Å². The Morgan fingerprint density at radius 1 is 0.960 bits per heavy atom. The van der Waals surface area contributed by atoms with Crippen molar-refractivity contribution in [1.82, 2.24) is 5.32 Å². The molecule has 2 fully saturated rings. The van der Waals surface area contributed by atoms with Crippen LogP contribution in [-0.4, -0.2) is 11.8 Å². The molecule has 5 unspecified atom stereocenters. The summed E-state index contributed by atoms with van der Waals surface area (Å²) in [4.78, 5) is 25.1. The summed E-state index contributed by atoms with van der Waals surface area (Å²) < 4.78 is 0. The monoisotopic (exact) mass is 331 g/mol. The fourth-order valence-corrected chi connectivity index (χ4v) is 5.23. The molecule has 1 heterocycles. The Morgan fingerprint density at radius 3 is 2.08 bits per heavy atom. The van der Waals surface area contributed by atoms with Crippen LogP contribution < -0.4 is 5.32 Å². The lowest BCUT2D eigenvalue weighted by Gasteiger charge is -2.49. The molecule has 1 N–H and O–H groups in total. The first-order valence-corrected chi connectivity index (χ1v) is 8.50. The molecular weight excluding hydrogens is 314 g/mol. The minimum Gasteiger partial charge on any atom is -0.294 e. The summed E-state index contributed by atoms with van der Waals surface area (Å²) in [5.41, 5.74) is -0.365. The first-order valence-electron chi connectivity index (χ1n) is 8.50. The third-order valence-corrected chi connectivity index (χ3v) is 6.15. The van der Waals surface area contributed by atoms with E-state index in [0.717, 1.165) is 18.4 Å². The van der Waals surface area contributed by atoms with Crippen LogP contribution >= 0.6 is 0 Å². The van der Waals surface area contributed by atoms with Crippen molar-refractivity contribution < 1.29 is 9.59 Å². The molecule has 5 heteroatoms. The third-order valence-electron chi connectivity index (χ3n) is 6.15. The maximum Gasteiger partial charge on any atom is 0.244 e. The number of nitrogens with one attached hydrogen (secondary N) is 1. The lowest BCUT2D eigenvalue weighted by atomic mass is 9.52. The molecule has 3 aliphatic rings. The van der Waals surface area contributed by atoms with Gasteiger partial charge in [0.05, 0.1) is 12.1 Å². The van der Waals surface area contributed by atoms with Crippen LogP contribution in [0.15, 0.2) is 42.5 Å². The summed E-state index contributed by atoms with van der Waals surface area (Å²) in [6.45, 7) is 0. The van der Waals surface area contributed by atoms with E-state index in [-0.39, 0.29) is 11.8 Å². The molecule has 0 aromatic heterocycles. The molecule has 2 aliphatic carbocycles. The Bertz CT molecular complexity index is 814. The van der Waals surface area contributed by atoms with Gasteiger partial charge in [-0.2, -0.15) is 10.5 Å². The summed E-state index contributed by atoms with van der Waals surface area (Å²) >= 11 is 0. The van der Waals surface area contributed by atoms with Gasteiger partial charge in [-0.1, -0.05) is 42.5 Å². The van der Waals surface area contributed by atoms with E-state index in [4.69, 9.17) is 0 Å². The fourth-order valence-electron chi connectivity index (χ4n) is 5.23. The molecular formula is C20H17N3O2. The van der Waals surface area contributed by atoms with E-state index in [1.807, 2.05) is 30.3 Å². The Kier molecular flexibility index (Phi) is 3.47. The van der Waals surface area contributed by atoms with Gasteiger partial charge in [0.2, 0.25) is 11.8 Å². The molecule has 1 saturated heterocycles. The number of benzene rings is 1. The van der Waals surface area contributed by atoms with E-state index in [9.17, 15) is 20.1 Å². The van der Waals surface area contributed by atoms with E-state index < -0.39 is 29.1 Å². The highest BCUT2D eigenvalue weighted by Gasteiger charge is 2.64. The van der Waals surface area contributed by atoms with Gasteiger partial charge >= 0.3 is 0 Å². The normalized spacial score (nSPS) is 38.9. The van der Waals surface area contributed by atoms with Crippen LogP contribution in [0.3, 0.4) is 0 Å². The number of fused-ring (bicyclic) bond motifs is 2. The van der Waals surface area contributed by atoms with E-state index in [1.54, 1.807) is 0 Å². The number of hydrogen-bond donors (Lipinski definition) is 1. The second-order valence-corrected chi connectivity index (χ2v) is 7.16. The van der Waals surface area contributed by atoms with Gasteiger partial charge in [-0.15, -0.1) is 0 Å². The molecule has 124 valence electrons. The molecule has 4 rings (SSSR count). The van der Waals surface area contributed by atoms with Crippen LogP contribution in [0, 0.1) is 52.3 Å². The minimum absolute atomic E-state index is 0.0748. The number of rotatable bonds is 2. The number of carbonyl (C=O) groups is 2. The third kappa shape index (κ3) is 1.99. The van der Waals surface area contributed by atoms with Gasteiger partial charge in [0.1, 0.15) is 11.8 Å². The first-order chi connectivity index (χ1) is 12.1. The molecule has 0 spiro atoms. The SMILES string of the molecule is N#CC1C(=O)NC(=O)C(C#N)C1(c1ccccc1)C1CC2C=CC1C2. The maximum atomic E-state index is 12.6. The van der Waals surface area contributed by atoms with Crippen molar-refractivity contribution in [2.45, 2.75) is 18.3 Å². The number of nitrogens with zero attached hydrogens (tertiary/aromatic N) is 2. The Morgan fingerprint density at radius 2 is 1.60 bits per heavy atom. The number of nitriles is 2. The lowest BCUT2D eigenvalue weighted by molar-refractivity contribution is -0.143. The molecule has 2 bridgehead atoms. The second-order valence-electron chi connectivity index (χ2n) is 7.16. The highest BCUT2D eigenvalue weighted by Crippen LogP contribution is 2.58. The minimum atomic E-state index is -1.10. The zero-order valence-corrected chi connectivity index (χ0v) is 13.6. The van der Waals surface area contributed by atoms with Crippen molar-refractivity contribution in [3.8, 4) is 12.1 Å². The van der Waals surface area contributed by atoms with Gasteiger partial charge in [0, 0.05) is 5.41 Å². The largest absolute Gasteiger partial charge is 0.294 e. The Hall–Kier alpha value is -2.92. The van der Waals surface area contributed by atoms with Crippen molar-refractivity contribution in [2.24, 2.45) is 29.6 Å². The average Bonchev–Trinajstić information content (AvgIpc) is 3.25. The van der Waals surface area contributed by atoms with Gasteiger partial charge in [0.15, 0.2) is 0 Å². The molecule has 0 radical (unpaired) electrons. The highest BCUT2D eigenvalue weighted by atomic mass is 16.2. The summed E-state index contributed by atoms with van der Waals surface area (Å²) in [6, 6.07) is 13.5. The molecule has 25 heavy (non-hydrogen) atoms. The summed E-state index contributed by atoms with van der Waals surface area (Å²) in [7, 11) is 0. The van der Waals surface area contributed by atoms with Crippen LogP contribution in [0.25, 0.3) is 0 Å². The fraction of sp³-hybridized carbons (Fsp3) is 0.400. The zero-order valence-electron chi connectivity index (χ0n) is 13.6. The number of piperidine rings is 1. The summed E-state index contributed by atoms with van der Waals surface area (Å²) in [5.74, 6) is -2.78. The maximum absolute atomic E-state index is 12.6. The standard InChI is InChI=1S/C20H17N3O2/c21-10-16-18(24)23-19(25)17(11-22)20(16,14-4-2-1-3-5-14)15-9-12-6-7-13(15)8-12/h1-7,12-13,15-17H,8-9H2,(H,23,24,25). The van der Waals surface area contributed by atoms with Crippen LogP contribution in [0.5, 0.6) is 0 Å². The summed E-state index contributed by atoms with van der Waals surface area (Å²) in [6.07, 6.45) is 6.06. The highest BCUT2D eigenvalue weighted by molar-refractivity contribution is 6.04. The quantitative estimate of drug-likeness (QED) is 0.663. The number of hydrogen-bond acceptors (Lipinski definition) is 4. The van der Waals surface area contributed by atoms with E-state index in [0.29, 0.717) is 5.92 Å². The predicted molar refractivity (Wildman–Crippen MR) is 88.3 cm³/mol. The Labute approximate surface area is 145 Å². The number of imide groups is 1. The van der Waals surface area contributed by atoms with Crippen molar-refractivity contribution in [1.29, 1.82) is 10.5 Å². The molecule has 1 saturated carbocycles. The van der Waals surface area contributed by atoms with Gasteiger partial charge < -0.3 is 0 Å². The average molecular weight is 331 g/mol. The second kappa shape index (κ2) is 5.57. The Balaban J connectivity index is 2.00. The van der Waals surface area contributed by atoms with Crippen molar-refractivity contribution >= 4 is 11.8 Å². The van der Waals surface area contributed by atoms with Crippen molar-refractivity contribution in [3.05, 3.63) is 48.0 Å². The summed E-state index contributed by atoms with van der Waals surface area (Å²) in [5, 5.41) is 21.9. The van der Waals surface area contributed by atoms with E-state index in [2.05, 4.69) is 29.6 Å². The topological polar surface area (TPSA) is 93.8 Å². The van der Waals surface area contributed by atoms with Crippen molar-refractivity contribution in [3.63, 3.8) is 0 Å². The molecule has 1 aliphatic heterocycles. The van der Waals surface area contributed by atoms with Crippen LogP contribution in [0.2, 0.25) is 0 Å². The van der Waals surface area contributed by atoms with Gasteiger partial charge in [-0.25, -0.2) is 0 Å². The number of amides is 2. The number of allylic oxidation sites excluding steroid dienone is 2. The lowest BCUT2D eigenvalue weighted by Crippen LogP contribution is -2.63.